The average Bonchev–Trinajstić information content (AvgIpc) is 2.52. The van der Waals surface area contributed by atoms with E-state index in [9.17, 15) is 13.2 Å². The van der Waals surface area contributed by atoms with Crippen LogP contribution in [0.1, 0.15) is 42.4 Å². The van der Waals surface area contributed by atoms with Gasteiger partial charge in [0.1, 0.15) is 0 Å². The van der Waals surface area contributed by atoms with Gasteiger partial charge in [-0.1, -0.05) is 43.3 Å². The maximum absolute atomic E-state index is 13.3. The second-order valence-corrected chi connectivity index (χ2v) is 6.49. The van der Waals surface area contributed by atoms with Crippen molar-refractivity contribution < 1.29 is 13.2 Å². The molecule has 0 aromatic heterocycles. The fourth-order valence-corrected chi connectivity index (χ4v) is 4.03. The van der Waals surface area contributed by atoms with Crippen molar-refractivity contribution in [3.63, 3.8) is 0 Å². The largest absolute Gasteiger partial charge is 0.417 e. The quantitative estimate of drug-likeness (QED) is 0.418. The summed E-state index contributed by atoms with van der Waals surface area (Å²) in [6, 6.07) is 12.1. The van der Waals surface area contributed by atoms with Crippen LogP contribution in [0.25, 0.3) is 21.5 Å². The highest BCUT2D eigenvalue weighted by Crippen LogP contribution is 2.41. The zero-order valence-corrected chi connectivity index (χ0v) is 12.9. The highest BCUT2D eigenvalue weighted by molar-refractivity contribution is 6.10. The molecule has 0 nitrogen and oxygen atoms in total. The fraction of sp³-hybridized carbons (Fsp3) is 0.300. The molecule has 0 fully saturated rings. The Kier molecular flexibility index (Phi) is 3.15. The highest BCUT2D eigenvalue weighted by atomic mass is 19.4. The molecule has 0 saturated heterocycles. The molecule has 3 aromatic carbocycles. The van der Waals surface area contributed by atoms with Gasteiger partial charge < -0.3 is 0 Å². The van der Waals surface area contributed by atoms with E-state index in [2.05, 4.69) is 13.0 Å². The summed E-state index contributed by atoms with van der Waals surface area (Å²) in [7, 11) is 0. The molecular weight excluding hydrogens is 297 g/mol. The topological polar surface area (TPSA) is 0 Å². The first-order valence-corrected chi connectivity index (χ1v) is 8.01. The molecule has 4 rings (SSSR count). The molecule has 1 atom stereocenters. The number of halogens is 3. The minimum absolute atomic E-state index is 0.288. The zero-order valence-electron chi connectivity index (χ0n) is 12.9. The van der Waals surface area contributed by atoms with Gasteiger partial charge in [-0.15, -0.1) is 0 Å². The number of benzene rings is 3. The van der Waals surface area contributed by atoms with E-state index < -0.39 is 11.7 Å². The minimum Gasteiger partial charge on any atom is -0.166 e. The lowest BCUT2D eigenvalue weighted by atomic mass is 9.80. The molecule has 3 heteroatoms. The maximum atomic E-state index is 13.3. The van der Waals surface area contributed by atoms with Crippen LogP contribution in [0, 0.1) is 0 Å². The van der Waals surface area contributed by atoms with Crippen LogP contribution in [0.3, 0.4) is 0 Å². The van der Waals surface area contributed by atoms with Gasteiger partial charge in [-0.05, 0) is 63.9 Å². The van der Waals surface area contributed by atoms with Crippen LogP contribution in [-0.4, -0.2) is 0 Å². The Balaban J connectivity index is 2.10. The number of alkyl halides is 3. The predicted octanol–water partition coefficient (Wildman–Crippen LogP) is 6.45. The molecule has 1 aliphatic carbocycles. The van der Waals surface area contributed by atoms with E-state index in [4.69, 9.17) is 0 Å². The van der Waals surface area contributed by atoms with Crippen molar-refractivity contribution in [2.45, 2.75) is 38.3 Å². The molecule has 0 aliphatic heterocycles. The Bertz CT molecular complexity index is 906. The standard InChI is InChI=1S/C20H17F3/c1-12-4-2-5-13-8-9-15-14-6-3-7-18(20(21,22)23)16(14)10-11-17(15)19(12)13/h3,6-12H,2,4-5H2,1H3/t12-/m1/s1. The molecule has 1 aliphatic rings. The number of hydrogen-bond donors (Lipinski definition) is 0. The number of fused-ring (bicyclic) bond motifs is 5. The lowest BCUT2D eigenvalue weighted by molar-refractivity contribution is -0.136. The first-order valence-electron chi connectivity index (χ1n) is 8.01. The van der Waals surface area contributed by atoms with Crippen molar-refractivity contribution in [2.75, 3.05) is 0 Å². The monoisotopic (exact) mass is 314 g/mol. The van der Waals surface area contributed by atoms with E-state index in [-0.39, 0.29) is 5.39 Å². The third-order valence-corrected chi connectivity index (χ3v) is 5.07. The maximum Gasteiger partial charge on any atom is 0.417 e. The highest BCUT2D eigenvalue weighted by Gasteiger charge is 2.32. The van der Waals surface area contributed by atoms with Crippen molar-refractivity contribution in [3.8, 4) is 0 Å². The van der Waals surface area contributed by atoms with Gasteiger partial charge in [0.2, 0.25) is 0 Å². The molecule has 0 heterocycles. The van der Waals surface area contributed by atoms with Crippen molar-refractivity contribution in [2.24, 2.45) is 0 Å². The number of aryl methyl sites for hydroxylation is 1. The number of hydrogen-bond acceptors (Lipinski definition) is 0. The molecule has 23 heavy (non-hydrogen) atoms. The number of rotatable bonds is 0. The first kappa shape index (κ1) is 14.6. The van der Waals surface area contributed by atoms with Crippen molar-refractivity contribution in [1.29, 1.82) is 0 Å². The normalized spacial score (nSPS) is 18.3. The zero-order chi connectivity index (χ0) is 16.2. The van der Waals surface area contributed by atoms with E-state index in [1.54, 1.807) is 12.1 Å². The van der Waals surface area contributed by atoms with Gasteiger partial charge in [0.05, 0.1) is 5.56 Å². The molecular formula is C20H17F3. The van der Waals surface area contributed by atoms with E-state index in [0.717, 1.165) is 29.7 Å². The average molecular weight is 314 g/mol. The van der Waals surface area contributed by atoms with Crippen LogP contribution in [0.2, 0.25) is 0 Å². The molecule has 0 N–H and O–H groups in total. The molecule has 0 spiro atoms. The van der Waals surface area contributed by atoms with Crippen molar-refractivity contribution in [1.82, 2.24) is 0 Å². The van der Waals surface area contributed by atoms with Gasteiger partial charge in [-0.25, -0.2) is 0 Å². The second kappa shape index (κ2) is 4.98. The third kappa shape index (κ3) is 2.21. The molecule has 0 amide bonds. The Labute approximate surface area is 132 Å². The van der Waals surface area contributed by atoms with Crippen LogP contribution in [0.4, 0.5) is 13.2 Å². The third-order valence-electron chi connectivity index (χ3n) is 5.07. The van der Waals surface area contributed by atoms with Crippen molar-refractivity contribution >= 4 is 21.5 Å². The van der Waals surface area contributed by atoms with Gasteiger partial charge in [0, 0.05) is 0 Å². The van der Waals surface area contributed by atoms with Gasteiger partial charge >= 0.3 is 6.18 Å². The molecule has 118 valence electrons. The Hall–Kier alpha value is -2.03. The molecule has 3 aromatic rings. The van der Waals surface area contributed by atoms with Crippen LogP contribution < -0.4 is 0 Å². The van der Waals surface area contributed by atoms with Crippen LogP contribution in [0.15, 0.2) is 42.5 Å². The molecule has 0 unspecified atom stereocenters. The minimum atomic E-state index is -4.32. The Morgan fingerprint density at radius 3 is 2.35 bits per heavy atom. The Morgan fingerprint density at radius 2 is 1.57 bits per heavy atom. The summed E-state index contributed by atoms with van der Waals surface area (Å²) in [6.07, 6.45) is -0.927. The molecule has 0 radical (unpaired) electrons. The Morgan fingerprint density at radius 1 is 0.870 bits per heavy atom. The van der Waals surface area contributed by atoms with E-state index in [1.165, 1.54) is 23.6 Å². The molecule has 0 bridgehead atoms. The summed E-state index contributed by atoms with van der Waals surface area (Å²) in [4.78, 5) is 0. The van der Waals surface area contributed by atoms with Gasteiger partial charge in [-0.2, -0.15) is 13.2 Å². The van der Waals surface area contributed by atoms with Crippen molar-refractivity contribution in [3.05, 3.63) is 59.2 Å². The van der Waals surface area contributed by atoms with Gasteiger partial charge in [0.25, 0.3) is 0 Å². The SMILES string of the molecule is C[C@@H]1CCCc2ccc3c(ccc4c(C(F)(F)F)cccc43)c21. The molecule has 0 saturated carbocycles. The van der Waals surface area contributed by atoms with Gasteiger partial charge in [-0.3, -0.25) is 0 Å². The van der Waals surface area contributed by atoms with E-state index in [0.29, 0.717) is 11.3 Å². The van der Waals surface area contributed by atoms with Gasteiger partial charge in [0.15, 0.2) is 0 Å². The fourth-order valence-electron chi connectivity index (χ4n) is 4.03. The lowest BCUT2D eigenvalue weighted by Crippen LogP contribution is -2.08. The van der Waals surface area contributed by atoms with E-state index >= 15 is 0 Å². The van der Waals surface area contributed by atoms with Crippen LogP contribution >= 0.6 is 0 Å². The summed E-state index contributed by atoms with van der Waals surface area (Å²) >= 11 is 0. The first-order chi connectivity index (χ1) is 11.0. The lowest BCUT2D eigenvalue weighted by Gasteiger charge is -2.25. The van der Waals surface area contributed by atoms with Crippen LogP contribution in [-0.2, 0) is 12.6 Å². The summed E-state index contributed by atoms with van der Waals surface area (Å²) in [5, 5.41) is 3.02. The van der Waals surface area contributed by atoms with Crippen LogP contribution in [0.5, 0.6) is 0 Å². The summed E-state index contributed by atoms with van der Waals surface area (Å²) < 4.78 is 39.8. The van der Waals surface area contributed by atoms with E-state index in [1.807, 2.05) is 12.1 Å². The second-order valence-electron chi connectivity index (χ2n) is 6.49. The summed E-state index contributed by atoms with van der Waals surface area (Å²) in [5.41, 5.74) is 2.12. The summed E-state index contributed by atoms with van der Waals surface area (Å²) in [5.74, 6) is 0.464. The predicted molar refractivity (Wildman–Crippen MR) is 87.8 cm³/mol. The smallest absolute Gasteiger partial charge is 0.166 e. The summed E-state index contributed by atoms with van der Waals surface area (Å²) in [6.45, 7) is 2.22.